The molecule has 11 heteroatoms. The quantitative estimate of drug-likeness (QED) is 0.0201. The molecule has 51 heavy (non-hydrogen) atoms. The average Bonchev–Trinajstić information content (AvgIpc) is 3.06. The van der Waals surface area contributed by atoms with Gasteiger partial charge >= 0.3 is 37.7 Å². The molecule has 0 aromatic heterocycles. The van der Waals surface area contributed by atoms with Crippen molar-refractivity contribution in [1.29, 1.82) is 0 Å². The molecule has 0 aromatic rings. The third-order valence-electron chi connectivity index (χ3n) is 8.98. The predicted molar refractivity (Wildman–Crippen MR) is 214 cm³/mol. The Morgan fingerprint density at radius 3 is 0.961 bits per heavy atom. The molecule has 0 radical (unpaired) electrons. The van der Waals surface area contributed by atoms with Gasteiger partial charge < -0.3 is 9.11 Å². The van der Waals surface area contributed by atoms with E-state index in [2.05, 4.69) is 48.2 Å². The second-order valence-electron chi connectivity index (χ2n) is 14.0. The largest absolute Gasteiger partial charge is 2.00 e. The molecule has 0 rings (SSSR count). The van der Waals surface area contributed by atoms with Gasteiger partial charge in [-0.25, -0.2) is 16.8 Å². The van der Waals surface area contributed by atoms with E-state index in [1.54, 1.807) is 0 Å². The van der Waals surface area contributed by atoms with Gasteiger partial charge in [-0.1, -0.05) is 193 Å². The van der Waals surface area contributed by atoms with Gasteiger partial charge in [-0.05, 0) is 38.5 Å². The Morgan fingerprint density at radius 1 is 0.431 bits per heavy atom. The summed E-state index contributed by atoms with van der Waals surface area (Å²) in [7, 11) is -9.19. The van der Waals surface area contributed by atoms with Gasteiger partial charge in [-0.2, -0.15) is 0 Å². The summed E-state index contributed by atoms with van der Waals surface area (Å²) in [5, 5.41) is 0. The minimum atomic E-state index is -4.59. The average molecular weight is 791 g/mol. The molecule has 0 aliphatic carbocycles. The normalized spacial score (nSPS) is 13.3. The van der Waals surface area contributed by atoms with Crippen molar-refractivity contribution in [3.63, 3.8) is 0 Å². The summed E-state index contributed by atoms with van der Waals surface area (Å²) in [6, 6.07) is 0. The molecule has 0 heterocycles. The van der Waals surface area contributed by atoms with E-state index in [9.17, 15) is 25.9 Å². The second-order valence-corrected chi connectivity index (χ2v) is 16.1. The van der Waals surface area contributed by atoms with Crippen molar-refractivity contribution in [2.24, 2.45) is 11.8 Å². The van der Waals surface area contributed by atoms with Gasteiger partial charge in [0.15, 0.2) is 0 Å². The maximum atomic E-state index is 10.7. The molecule has 0 amide bonds. The Kier molecular flexibility index (Phi) is 45.6. The maximum absolute atomic E-state index is 10.7. The van der Waals surface area contributed by atoms with Crippen LogP contribution in [0.5, 0.6) is 0 Å². The monoisotopic (exact) mass is 790 g/mol. The Balaban J connectivity index is -0.000000886. The molecule has 0 spiro atoms. The molecular formula is C40H78CaO8S2. The minimum absolute atomic E-state index is 0. The van der Waals surface area contributed by atoms with E-state index in [0.29, 0.717) is 0 Å². The fourth-order valence-corrected chi connectivity index (χ4v) is 6.53. The number of rotatable bonds is 36. The molecule has 0 fully saturated rings. The van der Waals surface area contributed by atoms with Crippen LogP contribution in [0.3, 0.4) is 0 Å². The van der Waals surface area contributed by atoms with Crippen LogP contribution in [-0.4, -0.2) is 76.9 Å². The summed E-state index contributed by atoms with van der Waals surface area (Å²) in [6.45, 7) is 8.78. The molecule has 0 saturated heterocycles. The van der Waals surface area contributed by atoms with Gasteiger partial charge in [0, 0.05) is 11.8 Å². The van der Waals surface area contributed by atoms with E-state index < -0.39 is 20.8 Å². The molecule has 300 valence electrons. The first-order valence-electron chi connectivity index (χ1n) is 20.5. The van der Waals surface area contributed by atoms with Gasteiger partial charge in [0.25, 0.3) is 0 Å². The second kappa shape index (κ2) is 41.6. The zero-order valence-corrected chi connectivity index (χ0v) is 37.3. The maximum Gasteiger partial charge on any atom is 2.00 e. The van der Waals surface area contributed by atoms with E-state index >= 15 is 0 Å². The van der Waals surface area contributed by atoms with E-state index in [0.717, 1.165) is 51.4 Å². The number of hydrogen-bond donors (Lipinski definition) is 0. The summed E-state index contributed by atoms with van der Waals surface area (Å²) < 4.78 is 73.0. The smallest absolute Gasteiger partial charge is 0.726 e. The third kappa shape index (κ3) is 50.5. The zero-order valence-electron chi connectivity index (χ0n) is 33.5. The molecular weight excluding hydrogens is 713 g/mol. The van der Waals surface area contributed by atoms with Gasteiger partial charge in [0.2, 0.25) is 20.8 Å². The van der Waals surface area contributed by atoms with E-state index in [4.69, 9.17) is 0 Å². The number of unbranched alkanes of at least 4 members (excludes halogenated alkanes) is 22. The van der Waals surface area contributed by atoms with Crippen molar-refractivity contribution < 1.29 is 34.3 Å². The summed E-state index contributed by atoms with van der Waals surface area (Å²) in [5.41, 5.74) is 0. The number of allylic oxidation sites excluding steroid dienone is 2. The Labute approximate surface area is 347 Å². The molecule has 0 aliphatic heterocycles. The summed E-state index contributed by atoms with van der Waals surface area (Å²) in [5.74, 6) is 0.0461. The topological polar surface area (TPSA) is 133 Å². The predicted octanol–water partition coefficient (Wildman–Crippen LogP) is 11.9. The summed E-state index contributed by atoms with van der Waals surface area (Å²) >= 11 is 0. The molecule has 2 atom stereocenters. The van der Waals surface area contributed by atoms with Crippen LogP contribution in [-0.2, 0) is 29.2 Å². The molecule has 2 unspecified atom stereocenters. The van der Waals surface area contributed by atoms with Crippen molar-refractivity contribution >= 4 is 58.5 Å². The van der Waals surface area contributed by atoms with Crippen LogP contribution in [0.4, 0.5) is 0 Å². The van der Waals surface area contributed by atoms with Crippen molar-refractivity contribution in [3.8, 4) is 0 Å². The van der Waals surface area contributed by atoms with Crippen molar-refractivity contribution in [3.05, 3.63) is 24.3 Å². The molecule has 0 aromatic carbocycles. The molecule has 0 bridgehead atoms. The van der Waals surface area contributed by atoms with Crippen LogP contribution in [0.1, 0.15) is 207 Å². The van der Waals surface area contributed by atoms with Gasteiger partial charge in [-0.3, -0.25) is 8.37 Å². The van der Waals surface area contributed by atoms with Gasteiger partial charge in [0.1, 0.15) is 0 Å². The SMILES string of the molecule is CCCCCCCCC/C=C/C(CCCCCCC)COS(=O)(=O)[O-].CCCCCCCCC/C=C/C(CCCCCCC)COS(=O)(=O)[O-].[Ca+2]. The fraction of sp³-hybridized carbons (Fsp3) is 0.900. The van der Waals surface area contributed by atoms with Crippen LogP contribution in [0, 0.1) is 11.8 Å². The molecule has 8 nitrogen and oxygen atoms in total. The first kappa shape index (κ1) is 55.8. The first-order chi connectivity index (χ1) is 24.0. The van der Waals surface area contributed by atoms with Crippen LogP contribution >= 0.6 is 0 Å². The Morgan fingerprint density at radius 2 is 0.686 bits per heavy atom. The van der Waals surface area contributed by atoms with Crippen molar-refractivity contribution in [2.45, 2.75) is 207 Å². The molecule has 0 aliphatic rings. The van der Waals surface area contributed by atoms with E-state index in [1.165, 1.54) is 128 Å². The van der Waals surface area contributed by atoms with Crippen molar-refractivity contribution in [1.82, 2.24) is 0 Å². The standard InChI is InChI=1S/2C20H40O4S.Ca/c2*1-3-5-7-9-10-11-12-14-16-18-20(19-24-25(21,22)23)17-15-13-8-6-4-2;/h2*16,18,20H,3-15,17,19H2,1-2H3,(H,21,22,23);/q;;+2/p-2/b2*18-16+;. The summed E-state index contributed by atoms with van der Waals surface area (Å²) in [6.07, 6.45) is 41.9. The third-order valence-corrected chi connectivity index (χ3v) is 9.82. The number of hydrogen-bond acceptors (Lipinski definition) is 8. The summed E-state index contributed by atoms with van der Waals surface area (Å²) in [4.78, 5) is 0. The van der Waals surface area contributed by atoms with Crippen LogP contribution in [0.2, 0.25) is 0 Å². The van der Waals surface area contributed by atoms with Gasteiger partial charge in [0.05, 0.1) is 13.2 Å². The minimum Gasteiger partial charge on any atom is -0.726 e. The molecule has 0 N–H and O–H groups in total. The van der Waals surface area contributed by atoms with Crippen LogP contribution in [0.25, 0.3) is 0 Å². The van der Waals surface area contributed by atoms with Crippen LogP contribution < -0.4 is 0 Å². The van der Waals surface area contributed by atoms with Crippen LogP contribution in [0.15, 0.2) is 24.3 Å². The fourth-order valence-electron chi connectivity index (χ4n) is 5.85. The first-order valence-corrected chi connectivity index (χ1v) is 23.2. The zero-order chi connectivity index (χ0) is 37.6. The molecule has 0 saturated carbocycles. The van der Waals surface area contributed by atoms with E-state index in [-0.39, 0.29) is 62.8 Å². The Hall–Kier alpha value is 0.480. The van der Waals surface area contributed by atoms with E-state index in [1.807, 2.05) is 12.2 Å². The Bertz CT molecular complexity index is 893. The van der Waals surface area contributed by atoms with Gasteiger partial charge in [-0.15, -0.1) is 0 Å². The van der Waals surface area contributed by atoms with Crippen molar-refractivity contribution in [2.75, 3.05) is 13.2 Å².